The molecule has 0 spiro atoms. The molecule has 5 heteroatoms. The lowest BCUT2D eigenvalue weighted by atomic mass is 9.60. The van der Waals surface area contributed by atoms with Crippen molar-refractivity contribution in [2.24, 2.45) is 17.3 Å². The molecule has 3 rings (SSSR count). The molecular formula is C23H40O4Si. The molecular weight excluding hydrogens is 368 g/mol. The van der Waals surface area contributed by atoms with Crippen LogP contribution in [-0.4, -0.2) is 37.7 Å². The van der Waals surface area contributed by atoms with Crippen molar-refractivity contribution in [1.29, 1.82) is 0 Å². The van der Waals surface area contributed by atoms with Crippen LogP contribution in [-0.2, 0) is 14.0 Å². The van der Waals surface area contributed by atoms with Crippen molar-refractivity contribution >= 4 is 14.3 Å². The highest BCUT2D eigenvalue weighted by Crippen LogP contribution is 2.62. The number of ether oxygens (including phenoxy) is 1. The molecule has 2 aliphatic carbocycles. The minimum absolute atomic E-state index is 0.221. The van der Waals surface area contributed by atoms with Crippen LogP contribution < -0.4 is 0 Å². The van der Waals surface area contributed by atoms with E-state index in [1.165, 1.54) is 31.8 Å². The second kappa shape index (κ2) is 7.24. The molecule has 160 valence electrons. The first-order valence-corrected chi connectivity index (χ1v) is 13.9. The lowest BCUT2D eigenvalue weighted by Crippen LogP contribution is -2.52. The average Bonchev–Trinajstić information content (AvgIpc) is 3.07. The summed E-state index contributed by atoms with van der Waals surface area (Å²) in [5.41, 5.74) is 0.898. The summed E-state index contributed by atoms with van der Waals surface area (Å²) in [7, 11) is -1.79. The Bertz CT molecular complexity index is 649. The van der Waals surface area contributed by atoms with Gasteiger partial charge in [0, 0.05) is 18.6 Å². The van der Waals surface area contributed by atoms with Crippen LogP contribution in [0.3, 0.4) is 0 Å². The zero-order chi connectivity index (χ0) is 21.0. The van der Waals surface area contributed by atoms with E-state index in [2.05, 4.69) is 47.7 Å². The topological polar surface area (TPSA) is 55.8 Å². The van der Waals surface area contributed by atoms with Gasteiger partial charge in [0.05, 0.1) is 12.2 Å². The minimum atomic E-state index is -1.79. The third kappa shape index (κ3) is 3.87. The predicted molar refractivity (Wildman–Crippen MR) is 115 cm³/mol. The maximum atomic E-state index is 11.1. The van der Waals surface area contributed by atoms with Gasteiger partial charge in [0.25, 0.3) is 0 Å². The first-order chi connectivity index (χ1) is 12.8. The normalized spacial score (nSPS) is 40.7. The van der Waals surface area contributed by atoms with Crippen molar-refractivity contribution in [3.05, 3.63) is 11.6 Å². The van der Waals surface area contributed by atoms with Crippen molar-refractivity contribution in [3.63, 3.8) is 0 Å². The van der Waals surface area contributed by atoms with Gasteiger partial charge in [0.1, 0.15) is 0 Å². The zero-order valence-corrected chi connectivity index (χ0v) is 19.9. The molecule has 0 aromatic rings. The number of fused-ring (bicyclic) bond motifs is 1. The quantitative estimate of drug-likeness (QED) is 0.473. The Balaban J connectivity index is 1.80. The van der Waals surface area contributed by atoms with E-state index in [9.17, 15) is 4.79 Å². The predicted octanol–water partition coefficient (Wildman–Crippen LogP) is 5.78. The van der Waals surface area contributed by atoms with Gasteiger partial charge in [-0.3, -0.25) is 0 Å². The summed E-state index contributed by atoms with van der Waals surface area (Å²) < 4.78 is 13.2. The van der Waals surface area contributed by atoms with Gasteiger partial charge < -0.3 is 14.3 Å². The van der Waals surface area contributed by atoms with Gasteiger partial charge >= 0.3 is 5.97 Å². The molecule has 1 aliphatic heterocycles. The highest BCUT2D eigenvalue weighted by atomic mass is 28.4. The number of hydrogen-bond acceptors (Lipinski definition) is 3. The SMILES string of the molecule is CC(C)(C)[Si](C)(C)O[C@H]1CCC[C@@]2(C)[C@H]1CC[C@@H]2[C@]1(C)C/C(=C\C(=O)O)CO1. The number of rotatable bonds is 4. The van der Waals surface area contributed by atoms with Crippen LogP contribution in [0.2, 0.25) is 18.1 Å². The number of carboxylic acids is 1. The van der Waals surface area contributed by atoms with E-state index in [1.807, 2.05) is 0 Å². The maximum absolute atomic E-state index is 11.1. The second-order valence-corrected chi connectivity index (χ2v) is 16.2. The van der Waals surface area contributed by atoms with Gasteiger partial charge in [-0.25, -0.2) is 4.79 Å². The summed E-state index contributed by atoms with van der Waals surface area (Å²) in [6.07, 6.45) is 8.47. The summed E-state index contributed by atoms with van der Waals surface area (Å²) in [4.78, 5) is 11.1. The second-order valence-electron chi connectivity index (χ2n) is 11.5. The maximum Gasteiger partial charge on any atom is 0.328 e. The molecule has 28 heavy (non-hydrogen) atoms. The number of carboxylic acid groups (broad SMARTS) is 1. The first kappa shape index (κ1) is 22.0. The summed E-state index contributed by atoms with van der Waals surface area (Å²) >= 11 is 0. The number of aliphatic carboxylic acids is 1. The van der Waals surface area contributed by atoms with Crippen LogP contribution >= 0.6 is 0 Å². The van der Waals surface area contributed by atoms with E-state index in [0.717, 1.165) is 18.4 Å². The molecule has 1 heterocycles. The van der Waals surface area contributed by atoms with Gasteiger partial charge in [0.2, 0.25) is 0 Å². The van der Waals surface area contributed by atoms with E-state index < -0.39 is 14.3 Å². The van der Waals surface area contributed by atoms with Crippen LogP contribution in [0.15, 0.2) is 11.6 Å². The fraction of sp³-hybridized carbons (Fsp3) is 0.870. The van der Waals surface area contributed by atoms with Crippen molar-refractivity contribution in [2.45, 2.75) is 103 Å². The van der Waals surface area contributed by atoms with Crippen LogP contribution in [0.1, 0.15) is 73.1 Å². The molecule has 1 N–H and O–H groups in total. The Morgan fingerprint density at radius 3 is 2.54 bits per heavy atom. The lowest BCUT2D eigenvalue weighted by Gasteiger charge is -2.51. The van der Waals surface area contributed by atoms with Crippen LogP contribution in [0.4, 0.5) is 0 Å². The molecule has 0 aromatic heterocycles. The summed E-state index contributed by atoms with van der Waals surface area (Å²) in [6.45, 7) is 16.8. The molecule has 3 fully saturated rings. The number of hydrogen-bond donors (Lipinski definition) is 1. The average molecular weight is 409 g/mol. The van der Waals surface area contributed by atoms with E-state index in [-0.39, 0.29) is 16.1 Å². The Hall–Kier alpha value is -0.653. The fourth-order valence-electron chi connectivity index (χ4n) is 6.12. The van der Waals surface area contributed by atoms with Gasteiger partial charge in [-0.2, -0.15) is 0 Å². The van der Waals surface area contributed by atoms with Crippen molar-refractivity contribution in [1.82, 2.24) is 0 Å². The number of carbonyl (C=O) groups is 1. The Kier molecular flexibility index (Phi) is 5.70. The minimum Gasteiger partial charge on any atom is -0.478 e. The third-order valence-electron chi connectivity index (χ3n) is 8.54. The molecule has 3 aliphatic rings. The van der Waals surface area contributed by atoms with Gasteiger partial charge in [0.15, 0.2) is 8.32 Å². The van der Waals surface area contributed by atoms with Gasteiger partial charge in [-0.15, -0.1) is 0 Å². The Morgan fingerprint density at radius 2 is 1.93 bits per heavy atom. The van der Waals surface area contributed by atoms with E-state index in [4.69, 9.17) is 14.3 Å². The monoisotopic (exact) mass is 408 g/mol. The summed E-state index contributed by atoms with van der Waals surface area (Å²) in [5.74, 6) is 0.197. The molecule has 0 amide bonds. The largest absolute Gasteiger partial charge is 0.478 e. The zero-order valence-electron chi connectivity index (χ0n) is 18.9. The highest BCUT2D eigenvalue weighted by Gasteiger charge is 2.59. The molecule has 1 saturated heterocycles. The molecule has 5 atom stereocenters. The third-order valence-corrected chi connectivity index (χ3v) is 13.0. The van der Waals surface area contributed by atoms with Gasteiger partial charge in [-0.05, 0) is 73.6 Å². The van der Waals surface area contributed by atoms with Crippen LogP contribution in [0, 0.1) is 17.3 Å². The molecule has 4 nitrogen and oxygen atoms in total. The Morgan fingerprint density at radius 1 is 1.25 bits per heavy atom. The fourth-order valence-corrected chi connectivity index (χ4v) is 7.51. The lowest BCUT2D eigenvalue weighted by molar-refractivity contribution is -0.131. The molecule has 2 saturated carbocycles. The van der Waals surface area contributed by atoms with E-state index in [1.54, 1.807) is 0 Å². The summed E-state index contributed by atoms with van der Waals surface area (Å²) in [6, 6.07) is 0. The van der Waals surface area contributed by atoms with Crippen LogP contribution in [0.5, 0.6) is 0 Å². The molecule has 0 aromatic carbocycles. The van der Waals surface area contributed by atoms with Crippen molar-refractivity contribution in [3.8, 4) is 0 Å². The summed E-state index contributed by atoms with van der Waals surface area (Å²) in [5, 5.41) is 9.34. The van der Waals surface area contributed by atoms with Crippen molar-refractivity contribution in [2.75, 3.05) is 6.61 Å². The first-order valence-electron chi connectivity index (χ1n) is 11.0. The molecule has 0 radical (unpaired) electrons. The Labute approximate surface area is 172 Å². The van der Waals surface area contributed by atoms with E-state index in [0.29, 0.717) is 24.5 Å². The van der Waals surface area contributed by atoms with Gasteiger partial charge in [-0.1, -0.05) is 34.1 Å². The highest BCUT2D eigenvalue weighted by molar-refractivity contribution is 6.74. The standard InChI is InChI=1S/C23H40O4Si/c1-21(2,3)28(6,7)27-18-9-8-12-22(4)17(18)10-11-19(22)23(5)14-16(15-26-23)13-20(24)25/h13,17-19H,8-12,14-15H2,1-7H3,(H,24,25)/b16-13+/t17-,18-,19-,22-,23-/m0/s1. The smallest absolute Gasteiger partial charge is 0.328 e. The van der Waals surface area contributed by atoms with E-state index >= 15 is 0 Å². The molecule has 0 bridgehead atoms. The molecule has 0 unspecified atom stereocenters. The van der Waals surface area contributed by atoms with Crippen molar-refractivity contribution < 1.29 is 19.1 Å². The van der Waals surface area contributed by atoms with Crippen LogP contribution in [0.25, 0.3) is 0 Å².